The summed E-state index contributed by atoms with van der Waals surface area (Å²) in [6.07, 6.45) is -1.02. The van der Waals surface area contributed by atoms with Gasteiger partial charge in [0.25, 0.3) is 5.91 Å². The van der Waals surface area contributed by atoms with Crippen molar-refractivity contribution in [1.82, 2.24) is 0 Å². The lowest BCUT2D eigenvalue weighted by Gasteiger charge is -2.14. The summed E-state index contributed by atoms with van der Waals surface area (Å²) in [5.74, 6) is -1.62. The van der Waals surface area contributed by atoms with Crippen molar-refractivity contribution >= 4 is 29.2 Å². The fourth-order valence-corrected chi connectivity index (χ4v) is 1.89. The summed E-state index contributed by atoms with van der Waals surface area (Å²) in [6, 6.07) is 11.7. The van der Waals surface area contributed by atoms with Crippen LogP contribution in [0.3, 0.4) is 0 Å². The van der Waals surface area contributed by atoms with Crippen LogP contribution in [-0.2, 0) is 9.53 Å². The van der Waals surface area contributed by atoms with E-state index < -0.39 is 23.8 Å². The minimum atomic E-state index is -1.02. The monoisotopic (exact) mass is 321 g/mol. The summed E-state index contributed by atoms with van der Waals surface area (Å²) < 4.78 is 17.9. The number of amides is 1. The Balaban J connectivity index is 1.98. The first kappa shape index (κ1) is 16.0. The summed E-state index contributed by atoms with van der Waals surface area (Å²) in [4.78, 5) is 23.9. The van der Waals surface area contributed by atoms with Gasteiger partial charge in [-0.1, -0.05) is 23.7 Å². The molecule has 0 unspecified atom stereocenters. The number of rotatable bonds is 4. The first-order chi connectivity index (χ1) is 10.5. The summed E-state index contributed by atoms with van der Waals surface area (Å²) in [5, 5.41) is 2.77. The molecule has 0 bridgehead atoms. The molecule has 1 atom stereocenters. The van der Waals surface area contributed by atoms with E-state index in [-0.39, 0.29) is 10.6 Å². The molecule has 0 aliphatic heterocycles. The van der Waals surface area contributed by atoms with E-state index in [1.165, 1.54) is 37.3 Å². The molecule has 0 radical (unpaired) electrons. The predicted octanol–water partition coefficient (Wildman–Crippen LogP) is 3.66. The van der Waals surface area contributed by atoms with Gasteiger partial charge in [0, 0.05) is 5.69 Å². The number of halogens is 2. The average Bonchev–Trinajstić information content (AvgIpc) is 2.49. The molecular weight excluding hydrogens is 309 g/mol. The average molecular weight is 322 g/mol. The molecule has 0 saturated carbocycles. The SMILES string of the molecule is C[C@H](OC(=O)c1ccccc1Cl)C(=O)Nc1ccc(F)cc1. The largest absolute Gasteiger partial charge is 0.449 e. The second kappa shape index (κ2) is 7.04. The molecule has 0 fully saturated rings. The Morgan fingerprint density at radius 3 is 2.41 bits per heavy atom. The van der Waals surface area contributed by atoms with E-state index in [9.17, 15) is 14.0 Å². The summed E-state index contributed by atoms with van der Waals surface area (Å²) in [5.41, 5.74) is 0.595. The van der Waals surface area contributed by atoms with Crippen LogP contribution in [-0.4, -0.2) is 18.0 Å². The lowest BCUT2D eigenvalue weighted by atomic mass is 10.2. The van der Waals surface area contributed by atoms with Crippen molar-refractivity contribution in [2.45, 2.75) is 13.0 Å². The van der Waals surface area contributed by atoms with Crippen LogP contribution in [0.5, 0.6) is 0 Å². The molecule has 22 heavy (non-hydrogen) atoms. The van der Waals surface area contributed by atoms with E-state index in [2.05, 4.69) is 5.32 Å². The van der Waals surface area contributed by atoms with Crippen LogP contribution >= 0.6 is 11.6 Å². The van der Waals surface area contributed by atoms with E-state index in [1.54, 1.807) is 18.2 Å². The second-order valence-electron chi connectivity index (χ2n) is 4.52. The van der Waals surface area contributed by atoms with Gasteiger partial charge >= 0.3 is 5.97 Å². The van der Waals surface area contributed by atoms with E-state index >= 15 is 0 Å². The molecule has 114 valence electrons. The molecule has 0 spiro atoms. The van der Waals surface area contributed by atoms with Crippen LogP contribution in [0.1, 0.15) is 17.3 Å². The Labute approximate surface area is 131 Å². The number of anilines is 1. The van der Waals surface area contributed by atoms with Crippen LogP contribution in [0.15, 0.2) is 48.5 Å². The molecule has 2 aromatic rings. The number of hydrogen-bond donors (Lipinski definition) is 1. The topological polar surface area (TPSA) is 55.4 Å². The highest BCUT2D eigenvalue weighted by Crippen LogP contribution is 2.17. The highest BCUT2D eigenvalue weighted by atomic mass is 35.5. The van der Waals surface area contributed by atoms with Crippen LogP contribution in [0.2, 0.25) is 5.02 Å². The van der Waals surface area contributed by atoms with Crippen LogP contribution in [0.4, 0.5) is 10.1 Å². The van der Waals surface area contributed by atoms with Crippen molar-refractivity contribution in [3.05, 3.63) is 64.9 Å². The third-order valence-corrected chi connectivity index (χ3v) is 3.19. The van der Waals surface area contributed by atoms with Crippen LogP contribution < -0.4 is 5.32 Å². The molecule has 2 rings (SSSR count). The number of hydrogen-bond acceptors (Lipinski definition) is 3. The van der Waals surface area contributed by atoms with Gasteiger partial charge in [0.15, 0.2) is 6.10 Å². The molecule has 6 heteroatoms. The number of carbonyl (C=O) groups is 2. The van der Waals surface area contributed by atoms with E-state index in [4.69, 9.17) is 16.3 Å². The lowest BCUT2D eigenvalue weighted by Crippen LogP contribution is -2.30. The first-order valence-electron chi connectivity index (χ1n) is 6.49. The van der Waals surface area contributed by atoms with E-state index in [0.717, 1.165) is 0 Å². The zero-order valence-electron chi connectivity index (χ0n) is 11.7. The summed E-state index contributed by atoms with van der Waals surface area (Å²) >= 11 is 5.89. The van der Waals surface area contributed by atoms with Gasteiger partial charge in [-0.05, 0) is 43.3 Å². The van der Waals surface area contributed by atoms with Crippen LogP contribution in [0, 0.1) is 5.82 Å². The first-order valence-corrected chi connectivity index (χ1v) is 6.87. The predicted molar refractivity (Wildman–Crippen MR) is 81.4 cm³/mol. The normalized spacial score (nSPS) is 11.6. The Morgan fingerprint density at radius 2 is 1.77 bits per heavy atom. The Kier molecular flexibility index (Phi) is 5.12. The number of benzene rings is 2. The molecule has 2 aromatic carbocycles. The standard InChI is InChI=1S/C16H13ClFNO3/c1-10(15(20)19-12-8-6-11(18)7-9-12)22-16(21)13-4-2-3-5-14(13)17/h2-10H,1H3,(H,19,20)/t10-/m0/s1. The molecule has 4 nitrogen and oxygen atoms in total. The molecule has 0 aliphatic rings. The fourth-order valence-electron chi connectivity index (χ4n) is 1.68. The zero-order chi connectivity index (χ0) is 16.1. The van der Waals surface area contributed by atoms with Crippen molar-refractivity contribution in [2.75, 3.05) is 5.32 Å². The molecular formula is C16H13ClFNO3. The lowest BCUT2D eigenvalue weighted by molar-refractivity contribution is -0.123. The quantitative estimate of drug-likeness (QED) is 0.874. The van der Waals surface area contributed by atoms with Gasteiger partial charge < -0.3 is 10.1 Å². The smallest absolute Gasteiger partial charge is 0.340 e. The maximum absolute atomic E-state index is 12.8. The van der Waals surface area contributed by atoms with E-state index in [0.29, 0.717) is 5.69 Å². The highest BCUT2D eigenvalue weighted by molar-refractivity contribution is 6.33. The molecule has 1 amide bonds. The van der Waals surface area contributed by atoms with Crippen molar-refractivity contribution in [2.24, 2.45) is 0 Å². The number of nitrogens with one attached hydrogen (secondary N) is 1. The number of carbonyl (C=O) groups excluding carboxylic acids is 2. The summed E-state index contributed by atoms with van der Waals surface area (Å²) in [6.45, 7) is 1.44. The second-order valence-corrected chi connectivity index (χ2v) is 4.93. The van der Waals surface area contributed by atoms with Gasteiger partial charge in [-0.25, -0.2) is 9.18 Å². The molecule has 0 saturated heterocycles. The van der Waals surface area contributed by atoms with Crippen molar-refractivity contribution in [1.29, 1.82) is 0 Å². The Morgan fingerprint density at radius 1 is 1.14 bits per heavy atom. The van der Waals surface area contributed by atoms with Gasteiger partial charge in [-0.15, -0.1) is 0 Å². The fraction of sp³-hybridized carbons (Fsp3) is 0.125. The van der Waals surface area contributed by atoms with Gasteiger partial charge in [-0.3, -0.25) is 4.79 Å². The third kappa shape index (κ3) is 4.05. The highest BCUT2D eigenvalue weighted by Gasteiger charge is 2.20. The summed E-state index contributed by atoms with van der Waals surface area (Å²) in [7, 11) is 0. The van der Waals surface area contributed by atoms with Crippen LogP contribution in [0.25, 0.3) is 0 Å². The molecule has 0 heterocycles. The van der Waals surface area contributed by atoms with Crippen molar-refractivity contribution in [3.63, 3.8) is 0 Å². The molecule has 1 N–H and O–H groups in total. The maximum Gasteiger partial charge on any atom is 0.340 e. The van der Waals surface area contributed by atoms with Gasteiger partial charge in [-0.2, -0.15) is 0 Å². The Bertz CT molecular complexity index is 688. The Hall–Kier alpha value is -2.40. The minimum absolute atomic E-state index is 0.186. The van der Waals surface area contributed by atoms with Gasteiger partial charge in [0.05, 0.1) is 10.6 Å². The molecule has 0 aromatic heterocycles. The molecule has 0 aliphatic carbocycles. The van der Waals surface area contributed by atoms with Gasteiger partial charge in [0.1, 0.15) is 5.82 Å². The third-order valence-electron chi connectivity index (χ3n) is 2.86. The van der Waals surface area contributed by atoms with Crippen molar-refractivity contribution < 1.29 is 18.7 Å². The maximum atomic E-state index is 12.8. The number of esters is 1. The van der Waals surface area contributed by atoms with Gasteiger partial charge in [0.2, 0.25) is 0 Å². The minimum Gasteiger partial charge on any atom is -0.449 e. The zero-order valence-corrected chi connectivity index (χ0v) is 12.4. The van der Waals surface area contributed by atoms with Crippen molar-refractivity contribution in [3.8, 4) is 0 Å². The number of ether oxygens (including phenoxy) is 1. The van der Waals surface area contributed by atoms with E-state index in [1.807, 2.05) is 0 Å².